The molecule has 4 N–H and O–H groups in total. The quantitative estimate of drug-likeness (QED) is 0.296. The number of guanidine groups is 1. The molecule has 0 aliphatic carbocycles. The summed E-state index contributed by atoms with van der Waals surface area (Å²) in [6.07, 6.45) is 1.65. The fourth-order valence-electron chi connectivity index (χ4n) is 0.961. The molecule has 0 saturated heterocycles. The van der Waals surface area contributed by atoms with Gasteiger partial charge in [0.05, 0.1) is 12.8 Å². The Hall–Kier alpha value is -1.65. The van der Waals surface area contributed by atoms with Crippen LogP contribution in [-0.2, 0) is 6.54 Å². The van der Waals surface area contributed by atoms with E-state index in [2.05, 4.69) is 5.10 Å². The second-order valence-corrected chi connectivity index (χ2v) is 2.87. The van der Waals surface area contributed by atoms with E-state index in [-0.39, 0.29) is 5.96 Å². The van der Waals surface area contributed by atoms with Crippen LogP contribution in [0.25, 0.3) is 0 Å². The van der Waals surface area contributed by atoms with Crippen molar-refractivity contribution in [3.63, 3.8) is 0 Å². The average Bonchev–Trinajstić information content (AvgIpc) is 2.50. The molecule has 0 aliphatic rings. The number of nitrogens with two attached hydrogens (primary N) is 2. The van der Waals surface area contributed by atoms with Gasteiger partial charge in [0.1, 0.15) is 5.76 Å². The Labute approximate surface area is 77.0 Å². The lowest BCUT2D eigenvalue weighted by Gasteiger charge is -2.15. The van der Waals surface area contributed by atoms with Gasteiger partial charge >= 0.3 is 0 Å². The molecule has 0 unspecified atom stereocenters. The topological polar surface area (TPSA) is 80.8 Å². The predicted molar refractivity (Wildman–Crippen MR) is 50.7 cm³/mol. The monoisotopic (exact) mass is 182 g/mol. The maximum Gasteiger partial charge on any atom is 0.213 e. The molecular formula is C8H14N4O. The first-order valence-corrected chi connectivity index (χ1v) is 3.92. The van der Waals surface area contributed by atoms with E-state index in [1.807, 2.05) is 13.0 Å². The molecule has 1 aromatic heterocycles. The summed E-state index contributed by atoms with van der Waals surface area (Å²) >= 11 is 0. The zero-order valence-corrected chi connectivity index (χ0v) is 7.82. The Morgan fingerprint density at radius 3 is 2.85 bits per heavy atom. The standard InChI is InChI=1S/C8H14N4O/c1-6-3-4-13-7(6)5-12(2)8(9)11-10/h3-4H,5,10H2,1-2H3,(H2,9,11). The first-order valence-electron chi connectivity index (χ1n) is 3.92. The summed E-state index contributed by atoms with van der Waals surface area (Å²) in [5, 5.41) is 3.38. The maximum atomic E-state index is 5.49. The van der Waals surface area contributed by atoms with Gasteiger partial charge in [-0.25, -0.2) is 0 Å². The van der Waals surface area contributed by atoms with Gasteiger partial charge in [-0.3, -0.25) is 0 Å². The van der Waals surface area contributed by atoms with E-state index in [0.29, 0.717) is 6.54 Å². The Bertz CT molecular complexity index is 305. The first-order chi connectivity index (χ1) is 6.15. The van der Waals surface area contributed by atoms with Crippen LogP contribution in [0.3, 0.4) is 0 Å². The van der Waals surface area contributed by atoms with Gasteiger partial charge in [-0.2, -0.15) is 0 Å². The van der Waals surface area contributed by atoms with Gasteiger partial charge in [0.2, 0.25) is 5.96 Å². The van der Waals surface area contributed by atoms with Crippen molar-refractivity contribution >= 4 is 5.96 Å². The van der Waals surface area contributed by atoms with Gasteiger partial charge in [-0.1, -0.05) is 0 Å². The summed E-state index contributed by atoms with van der Waals surface area (Å²) in [7, 11) is 1.80. The van der Waals surface area contributed by atoms with Crippen LogP contribution in [0, 0.1) is 6.92 Å². The van der Waals surface area contributed by atoms with Crippen LogP contribution < -0.4 is 11.6 Å². The SMILES string of the molecule is Cc1ccoc1CN(C)/C(N)=N/N. The molecule has 0 aliphatic heterocycles. The predicted octanol–water partition coefficient (Wildman–Crippen LogP) is 0.208. The van der Waals surface area contributed by atoms with Gasteiger partial charge < -0.3 is 20.9 Å². The number of hydrogen-bond donors (Lipinski definition) is 2. The van der Waals surface area contributed by atoms with Crippen LogP contribution in [0.4, 0.5) is 0 Å². The summed E-state index contributed by atoms with van der Waals surface area (Å²) in [4.78, 5) is 1.71. The molecule has 13 heavy (non-hydrogen) atoms. The summed E-state index contributed by atoms with van der Waals surface area (Å²) in [5.41, 5.74) is 6.59. The Morgan fingerprint density at radius 2 is 2.38 bits per heavy atom. The molecule has 1 rings (SSSR count). The normalized spacial score (nSPS) is 11.7. The molecule has 0 aromatic carbocycles. The summed E-state index contributed by atoms with van der Waals surface area (Å²) in [6, 6.07) is 1.90. The first kappa shape index (κ1) is 9.44. The molecule has 0 spiro atoms. The van der Waals surface area contributed by atoms with E-state index in [4.69, 9.17) is 16.0 Å². The molecule has 0 saturated carbocycles. The van der Waals surface area contributed by atoms with Crippen LogP contribution in [0.15, 0.2) is 21.8 Å². The minimum absolute atomic E-state index is 0.288. The lowest BCUT2D eigenvalue weighted by Crippen LogP contribution is -2.34. The number of nitrogens with zero attached hydrogens (tertiary/aromatic N) is 2. The summed E-state index contributed by atoms with van der Waals surface area (Å²) in [6.45, 7) is 2.55. The van der Waals surface area contributed by atoms with E-state index in [9.17, 15) is 0 Å². The average molecular weight is 182 g/mol. The van der Waals surface area contributed by atoms with Crippen molar-refractivity contribution in [1.29, 1.82) is 0 Å². The number of rotatable bonds is 2. The summed E-state index contributed by atoms with van der Waals surface area (Å²) in [5.74, 6) is 6.19. The molecule has 5 nitrogen and oxygen atoms in total. The Balaban J connectivity index is 2.65. The highest BCUT2D eigenvalue weighted by atomic mass is 16.3. The minimum atomic E-state index is 0.288. The smallest absolute Gasteiger partial charge is 0.213 e. The third-order valence-corrected chi connectivity index (χ3v) is 1.87. The second-order valence-electron chi connectivity index (χ2n) is 2.87. The third kappa shape index (κ3) is 2.14. The lowest BCUT2D eigenvalue weighted by atomic mass is 10.3. The highest BCUT2D eigenvalue weighted by Crippen LogP contribution is 2.10. The molecule has 0 radical (unpaired) electrons. The van der Waals surface area contributed by atoms with Crippen molar-refractivity contribution in [1.82, 2.24) is 4.90 Å². The molecule has 0 fully saturated rings. The Kier molecular flexibility index (Phi) is 2.79. The molecule has 0 atom stereocenters. The van der Waals surface area contributed by atoms with E-state index in [1.54, 1.807) is 18.2 Å². The van der Waals surface area contributed by atoms with Crippen molar-refractivity contribution in [2.45, 2.75) is 13.5 Å². The highest BCUT2D eigenvalue weighted by molar-refractivity contribution is 5.77. The van der Waals surface area contributed by atoms with E-state index < -0.39 is 0 Å². The van der Waals surface area contributed by atoms with Gasteiger partial charge in [0.15, 0.2) is 0 Å². The molecule has 1 heterocycles. The van der Waals surface area contributed by atoms with Crippen molar-refractivity contribution in [3.8, 4) is 0 Å². The molecule has 5 heteroatoms. The van der Waals surface area contributed by atoms with E-state index >= 15 is 0 Å². The van der Waals surface area contributed by atoms with Crippen LogP contribution in [0.1, 0.15) is 11.3 Å². The van der Waals surface area contributed by atoms with Crippen molar-refractivity contribution in [2.75, 3.05) is 7.05 Å². The fraction of sp³-hybridized carbons (Fsp3) is 0.375. The highest BCUT2D eigenvalue weighted by Gasteiger charge is 2.07. The number of hydrogen-bond acceptors (Lipinski definition) is 3. The van der Waals surface area contributed by atoms with Gasteiger partial charge in [0, 0.05) is 7.05 Å². The number of aryl methyl sites for hydroxylation is 1. The maximum absolute atomic E-state index is 5.49. The van der Waals surface area contributed by atoms with E-state index in [0.717, 1.165) is 11.3 Å². The fourth-order valence-corrected chi connectivity index (χ4v) is 0.961. The third-order valence-electron chi connectivity index (χ3n) is 1.87. The molecule has 1 aromatic rings. The molecule has 72 valence electrons. The zero-order chi connectivity index (χ0) is 9.84. The molecule has 0 bridgehead atoms. The largest absolute Gasteiger partial charge is 0.467 e. The Morgan fingerprint density at radius 1 is 1.69 bits per heavy atom. The van der Waals surface area contributed by atoms with Crippen molar-refractivity contribution in [2.24, 2.45) is 16.7 Å². The van der Waals surface area contributed by atoms with E-state index in [1.165, 1.54) is 0 Å². The van der Waals surface area contributed by atoms with Crippen molar-refractivity contribution in [3.05, 3.63) is 23.7 Å². The zero-order valence-electron chi connectivity index (χ0n) is 7.82. The number of furan rings is 1. The van der Waals surface area contributed by atoms with Crippen LogP contribution in [-0.4, -0.2) is 17.9 Å². The minimum Gasteiger partial charge on any atom is -0.467 e. The van der Waals surface area contributed by atoms with Gasteiger partial charge in [-0.15, -0.1) is 5.10 Å². The summed E-state index contributed by atoms with van der Waals surface area (Å²) < 4.78 is 5.24. The van der Waals surface area contributed by atoms with Crippen LogP contribution >= 0.6 is 0 Å². The number of hydrazone groups is 1. The van der Waals surface area contributed by atoms with Crippen molar-refractivity contribution < 1.29 is 4.42 Å². The van der Waals surface area contributed by atoms with Crippen LogP contribution in [0.2, 0.25) is 0 Å². The molecular weight excluding hydrogens is 168 g/mol. The second kappa shape index (κ2) is 3.84. The van der Waals surface area contributed by atoms with Gasteiger partial charge in [0.25, 0.3) is 0 Å². The van der Waals surface area contributed by atoms with Crippen LogP contribution in [0.5, 0.6) is 0 Å². The molecule has 0 amide bonds. The van der Waals surface area contributed by atoms with Gasteiger partial charge in [-0.05, 0) is 18.6 Å². The lowest BCUT2D eigenvalue weighted by molar-refractivity contribution is 0.405.